The summed E-state index contributed by atoms with van der Waals surface area (Å²) in [7, 11) is 0. The van der Waals surface area contributed by atoms with E-state index in [0.29, 0.717) is 12.5 Å². The molecule has 0 aliphatic rings. The highest BCUT2D eigenvalue weighted by Gasteiger charge is 2.34. The van der Waals surface area contributed by atoms with Crippen LogP contribution in [0.1, 0.15) is 25.8 Å². The highest BCUT2D eigenvalue weighted by molar-refractivity contribution is 5.77. The van der Waals surface area contributed by atoms with Gasteiger partial charge in [0.15, 0.2) is 6.61 Å². The fourth-order valence-electron chi connectivity index (χ4n) is 1.52. The second kappa shape index (κ2) is 7.17. The van der Waals surface area contributed by atoms with Gasteiger partial charge in [-0.2, -0.15) is 13.2 Å². The Morgan fingerprint density at radius 2 is 1.95 bits per heavy atom. The number of alkyl halides is 3. The SMILES string of the molecule is CC(C)CCNC(=O)COc1ccccc1C(F)(F)F. The van der Waals surface area contributed by atoms with Gasteiger partial charge in [-0.05, 0) is 24.5 Å². The summed E-state index contributed by atoms with van der Waals surface area (Å²) in [5, 5.41) is 2.60. The van der Waals surface area contributed by atoms with Gasteiger partial charge in [-0.25, -0.2) is 0 Å². The van der Waals surface area contributed by atoms with Gasteiger partial charge in [-0.3, -0.25) is 4.79 Å². The van der Waals surface area contributed by atoms with Crippen molar-refractivity contribution in [1.29, 1.82) is 0 Å². The maximum Gasteiger partial charge on any atom is 0.419 e. The number of carbonyl (C=O) groups excluding carboxylic acids is 1. The number of nitrogens with one attached hydrogen (secondary N) is 1. The molecule has 0 radical (unpaired) electrons. The first-order chi connectivity index (χ1) is 9.30. The van der Waals surface area contributed by atoms with E-state index in [0.717, 1.165) is 12.5 Å². The van der Waals surface area contributed by atoms with Gasteiger partial charge in [-0.15, -0.1) is 0 Å². The van der Waals surface area contributed by atoms with Crippen molar-refractivity contribution in [2.45, 2.75) is 26.4 Å². The lowest BCUT2D eigenvalue weighted by Gasteiger charge is -2.13. The number of halogens is 3. The molecular formula is C14H18F3NO2. The Labute approximate surface area is 116 Å². The molecule has 6 heteroatoms. The Bertz CT molecular complexity index is 444. The third kappa shape index (κ3) is 5.50. The number of benzene rings is 1. The Balaban J connectivity index is 2.52. The van der Waals surface area contributed by atoms with Crippen molar-refractivity contribution in [2.24, 2.45) is 5.92 Å². The van der Waals surface area contributed by atoms with Crippen LogP contribution < -0.4 is 10.1 Å². The van der Waals surface area contributed by atoms with Crippen LogP contribution in [0.25, 0.3) is 0 Å². The zero-order chi connectivity index (χ0) is 15.2. The predicted molar refractivity (Wildman–Crippen MR) is 69.4 cm³/mol. The van der Waals surface area contributed by atoms with Crippen LogP contribution in [0.4, 0.5) is 13.2 Å². The molecule has 3 nitrogen and oxygen atoms in total. The van der Waals surface area contributed by atoms with E-state index in [1.165, 1.54) is 18.2 Å². The number of hydrogen-bond acceptors (Lipinski definition) is 2. The monoisotopic (exact) mass is 289 g/mol. The lowest BCUT2D eigenvalue weighted by atomic mass is 10.1. The number of ether oxygens (including phenoxy) is 1. The lowest BCUT2D eigenvalue weighted by Crippen LogP contribution is -2.30. The first-order valence-electron chi connectivity index (χ1n) is 6.36. The molecule has 0 unspecified atom stereocenters. The van der Waals surface area contributed by atoms with Crippen molar-refractivity contribution < 1.29 is 22.7 Å². The summed E-state index contributed by atoms with van der Waals surface area (Å²) in [5.74, 6) is -0.316. The summed E-state index contributed by atoms with van der Waals surface area (Å²) >= 11 is 0. The topological polar surface area (TPSA) is 38.3 Å². The lowest BCUT2D eigenvalue weighted by molar-refractivity contribution is -0.139. The molecule has 0 spiro atoms. The molecule has 0 aliphatic carbocycles. The third-order valence-corrected chi connectivity index (χ3v) is 2.60. The maximum atomic E-state index is 12.7. The highest BCUT2D eigenvalue weighted by atomic mass is 19.4. The molecule has 1 aromatic carbocycles. The van der Waals surface area contributed by atoms with E-state index in [1.54, 1.807) is 0 Å². The molecule has 1 amide bonds. The number of hydrogen-bond donors (Lipinski definition) is 1. The van der Waals surface area contributed by atoms with E-state index in [-0.39, 0.29) is 5.75 Å². The number of rotatable bonds is 6. The van der Waals surface area contributed by atoms with Crippen molar-refractivity contribution in [3.8, 4) is 5.75 Å². The minimum atomic E-state index is -4.50. The van der Waals surface area contributed by atoms with E-state index < -0.39 is 24.3 Å². The van der Waals surface area contributed by atoms with Crippen LogP contribution in [0.2, 0.25) is 0 Å². The van der Waals surface area contributed by atoms with Crippen LogP contribution in [0.5, 0.6) is 5.75 Å². The normalized spacial score (nSPS) is 11.5. The Morgan fingerprint density at radius 1 is 1.30 bits per heavy atom. The van der Waals surface area contributed by atoms with Gasteiger partial charge in [0.05, 0.1) is 5.56 Å². The van der Waals surface area contributed by atoms with Gasteiger partial charge >= 0.3 is 6.18 Å². The van der Waals surface area contributed by atoms with Crippen molar-refractivity contribution in [3.63, 3.8) is 0 Å². The van der Waals surface area contributed by atoms with Crippen LogP contribution >= 0.6 is 0 Å². The molecule has 0 fully saturated rings. The van der Waals surface area contributed by atoms with E-state index in [4.69, 9.17) is 4.74 Å². The van der Waals surface area contributed by atoms with Crippen molar-refractivity contribution in [1.82, 2.24) is 5.32 Å². The Kier molecular flexibility index (Phi) is 5.85. The number of para-hydroxylation sites is 1. The van der Waals surface area contributed by atoms with E-state index in [9.17, 15) is 18.0 Å². The Morgan fingerprint density at radius 3 is 2.55 bits per heavy atom. The number of carbonyl (C=O) groups is 1. The van der Waals surface area contributed by atoms with Gasteiger partial charge in [0.1, 0.15) is 5.75 Å². The van der Waals surface area contributed by atoms with E-state index >= 15 is 0 Å². The van der Waals surface area contributed by atoms with Gasteiger partial charge in [0.2, 0.25) is 0 Å². The summed E-state index contributed by atoms with van der Waals surface area (Å²) in [6.45, 7) is 4.09. The van der Waals surface area contributed by atoms with Crippen LogP contribution in [0.15, 0.2) is 24.3 Å². The zero-order valence-corrected chi connectivity index (χ0v) is 11.5. The van der Waals surface area contributed by atoms with E-state index in [2.05, 4.69) is 5.32 Å². The maximum absolute atomic E-state index is 12.7. The molecule has 0 bridgehead atoms. The van der Waals surface area contributed by atoms with Crippen molar-refractivity contribution >= 4 is 5.91 Å². The summed E-state index contributed by atoms with van der Waals surface area (Å²) < 4.78 is 43.0. The molecule has 0 saturated carbocycles. The van der Waals surface area contributed by atoms with Crippen LogP contribution in [-0.2, 0) is 11.0 Å². The van der Waals surface area contributed by atoms with Crippen LogP contribution in [0.3, 0.4) is 0 Å². The molecule has 0 aliphatic heterocycles. The molecule has 0 atom stereocenters. The van der Waals surface area contributed by atoms with E-state index in [1.807, 2.05) is 13.8 Å². The average molecular weight is 289 g/mol. The Hall–Kier alpha value is -1.72. The third-order valence-electron chi connectivity index (χ3n) is 2.60. The molecule has 0 aromatic heterocycles. The zero-order valence-electron chi connectivity index (χ0n) is 11.5. The van der Waals surface area contributed by atoms with Gasteiger partial charge in [0, 0.05) is 6.54 Å². The fraction of sp³-hybridized carbons (Fsp3) is 0.500. The average Bonchev–Trinajstić information content (AvgIpc) is 2.35. The smallest absolute Gasteiger partial charge is 0.419 e. The fourth-order valence-corrected chi connectivity index (χ4v) is 1.52. The molecule has 1 N–H and O–H groups in total. The van der Waals surface area contributed by atoms with Crippen molar-refractivity contribution in [2.75, 3.05) is 13.2 Å². The van der Waals surface area contributed by atoms with Gasteiger partial charge < -0.3 is 10.1 Å². The van der Waals surface area contributed by atoms with Gasteiger partial charge in [-0.1, -0.05) is 26.0 Å². The second-order valence-corrected chi connectivity index (χ2v) is 4.82. The molecular weight excluding hydrogens is 271 g/mol. The van der Waals surface area contributed by atoms with Crippen LogP contribution in [-0.4, -0.2) is 19.1 Å². The minimum Gasteiger partial charge on any atom is -0.483 e. The molecule has 0 saturated heterocycles. The highest BCUT2D eigenvalue weighted by Crippen LogP contribution is 2.35. The summed E-state index contributed by atoms with van der Waals surface area (Å²) in [4.78, 5) is 11.4. The minimum absolute atomic E-state index is 0.334. The quantitative estimate of drug-likeness (QED) is 0.873. The number of amides is 1. The first kappa shape index (κ1) is 16.3. The molecule has 0 heterocycles. The second-order valence-electron chi connectivity index (χ2n) is 4.82. The molecule has 112 valence electrons. The molecule has 20 heavy (non-hydrogen) atoms. The molecule has 1 aromatic rings. The molecule has 1 rings (SSSR count). The summed E-state index contributed by atoms with van der Waals surface area (Å²) in [6, 6.07) is 4.83. The summed E-state index contributed by atoms with van der Waals surface area (Å²) in [6.07, 6.45) is -3.68. The van der Waals surface area contributed by atoms with Gasteiger partial charge in [0.25, 0.3) is 5.91 Å². The van der Waals surface area contributed by atoms with Crippen molar-refractivity contribution in [3.05, 3.63) is 29.8 Å². The predicted octanol–water partition coefficient (Wildman–Crippen LogP) is 3.25. The van der Waals surface area contributed by atoms with Crippen LogP contribution in [0, 0.1) is 5.92 Å². The standard InChI is InChI=1S/C14H18F3NO2/c1-10(2)7-8-18-13(19)9-20-12-6-4-3-5-11(12)14(15,16)17/h3-6,10H,7-9H2,1-2H3,(H,18,19). The first-order valence-corrected chi connectivity index (χ1v) is 6.36. The largest absolute Gasteiger partial charge is 0.483 e. The summed E-state index contributed by atoms with van der Waals surface area (Å²) in [5.41, 5.74) is -0.880.